The van der Waals surface area contributed by atoms with E-state index in [9.17, 15) is 14.4 Å². The number of nitrogens with one attached hydrogen (secondary N) is 1. The van der Waals surface area contributed by atoms with Crippen LogP contribution in [0.25, 0.3) is 0 Å². The Balaban J connectivity index is 4.17. The molecule has 18 heavy (non-hydrogen) atoms. The maximum atomic E-state index is 11.5. The summed E-state index contributed by atoms with van der Waals surface area (Å²) in [6.45, 7) is 1.99. The van der Waals surface area contributed by atoms with Gasteiger partial charge in [0.25, 0.3) is 0 Å². The van der Waals surface area contributed by atoms with Crippen molar-refractivity contribution in [1.82, 2.24) is 5.32 Å². The van der Waals surface area contributed by atoms with Gasteiger partial charge in [0.1, 0.15) is 6.04 Å². The van der Waals surface area contributed by atoms with E-state index in [2.05, 4.69) is 14.8 Å². The first kappa shape index (κ1) is 16.4. The average Bonchev–Trinajstić information content (AvgIpc) is 2.39. The van der Waals surface area contributed by atoms with Crippen LogP contribution in [0.2, 0.25) is 0 Å². The second-order valence-electron chi connectivity index (χ2n) is 3.86. The van der Waals surface area contributed by atoms with Gasteiger partial charge in [-0.3, -0.25) is 9.59 Å². The van der Waals surface area contributed by atoms with E-state index in [0.717, 1.165) is 12.8 Å². The first-order valence-electron chi connectivity index (χ1n) is 5.99. The first-order valence-corrected chi connectivity index (χ1v) is 5.99. The Bertz CT molecular complexity index is 290. The summed E-state index contributed by atoms with van der Waals surface area (Å²) >= 11 is 0. The fraction of sp³-hybridized carbons (Fsp3) is 0.750. The molecule has 0 radical (unpaired) electrons. The molecule has 0 aromatic rings. The quantitative estimate of drug-likeness (QED) is 0.652. The SMILES string of the molecule is CCCC[C@H](NC(=O)CCC(=O)OC)C(=O)OC. The Kier molecular flexibility index (Phi) is 8.61. The molecule has 1 atom stereocenters. The fourth-order valence-corrected chi connectivity index (χ4v) is 1.38. The van der Waals surface area contributed by atoms with Crippen LogP contribution in [-0.4, -0.2) is 38.1 Å². The number of ether oxygens (including phenoxy) is 2. The lowest BCUT2D eigenvalue weighted by Crippen LogP contribution is -2.41. The first-order chi connectivity index (χ1) is 8.54. The minimum atomic E-state index is -0.639. The molecule has 0 saturated carbocycles. The summed E-state index contributed by atoms with van der Waals surface area (Å²) in [4.78, 5) is 33.8. The predicted molar refractivity (Wildman–Crippen MR) is 64.7 cm³/mol. The molecule has 0 saturated heterocycles. The summed E-state index contributed by atoms with van der Waals surface area (Å²) in [5.41, 5.74) is 0. The van der Waals surface area contributed by atoms with Gasteiger partial charge in [-0.05, 0) is 6.42 Å². The van der Waals surface area contributed by atoms with Crippen molar-refractivity contribution < 1.29 is 23.9 Å². The van der Waals surface area contributed by atoms with E-state index >= 15 is 0 Å². The minimum Gasteiger partial charge on any atom is -0.469 e. The molecule has 0 aliphatic carbocycles. The molecule has 0 aliphatic rings. The molecule has 0 bridgehead atoms. The number of unbranched alkanes of at least 4 members (excludes halogenated alkanes) is 1. The van der Waals surface area contributed by atoms with Gasteiger partial charge in [0, 0.05) is 6.42 Å². The van der Waals surface area contributed by atoms with E-state index in [0.29, 0.717) is 6.42 Å². The predicted octanol–water partition coefficient (Wildman–Crippen LogP) is 0.788. The second kappa shape index (κ2) is 9.44. The largest absolute Gasteiger partial charge is 0.469 e. The number of carbonyl (C=O) groups excluding carboxylic acids is 3. The lowest BCUT2D eigenvalue weighted by Gasteiger charge is -2.15. The maximum absolute atomic E-state index is 11.5. The third kappa shape index (κ3) is 6.88. The lowest BCUT2D eigenvalue weighted by atomic mass is 10.1. The number of hydrogen-bond donors (Lipinski definition) is 1. The van der Waals surface area contributed by atoms with Crippen molar-refractivity contribution in [3.63, 3.8) is 0 Å². The molecular formula is C12H21NO5. The fourth-order valence-electron chi connectivity index (χ4n) is 1.38. The van der Waals surface area contributed by atoms with E-state index in [1.165, 1.54) is 14.2 Å². The van der Waals surface area contributed by atoms with Gasteiger partial charge < -0.3 is 14.8 Å². The van der Waals surface area contributed by atoms with Crippen LogP contribution in [0.1, 0.15) is 39.0 Å². The van der Waals surface area contributed by atoms with Gasteiger partial charge in [-0.2, -0.15) is 0 Å². The normalized spacial score (nSPS) is 11.5. The van der Waals surface area contributed by atoms with Crippen LogP contribution in [-0.2, 0) is 23.9 Å². The van der Waals surface area contributed by atoms with Gasteiger partial charge in [-0.25, -0.2) is 4.79 Å². The summed E-state index contributed by atoms with van der Waals surface area (Å²) in [5, 5.41) is 2.56. The summed E-state index contributed by atoms with van der Waals surface area (Å²) < 4.78 is 9.04. The van der Waals surface area contributed by atoms with Crippen molar-refractivity contribution >= 4 is 17.8 Å². The van der Waals surface area contributed by atoms with Crippen molar-refractivity contribution in [2.45, 2.75) is 45.1 Å². The third-order valence-electron chi connectivity index (χ3n) is 2.45. The minimum absolute atomic E-state index is 0.00397. The summed E-state index contributed by atoms with van der Waals surface area (Å²) in [6.07, 6.45) is 2.28. The molecule has 6 heteroatoms. The van der Waals surface area contributed by atoms with Crippen molar-refractivity contribution in [2.75, 3.05) is 14.2 Å². The molecule has 1 N–H and O–H groups in total. The Morgan fingerprint density at radius 3 is 2.28 bits per heavy atom. The monoisotopic (exact) mass is 259 g/mol. The van der Waals surface area contributed by atoms with Crippen molar-refractivity contribution in [1.29, 1.82) is 0 Å². The van der Waals surface area contributed by atoms with Gasteiger partial charge in [-0.15, -0.1) is 0 Å². The molecular weight excluding hydrogens is 238 g/mol. The highest BCUT2D eigenvalue weighted by Gasteiger charge is 2.20. The zero-order chi connectivity index (χ0) is 14.0. The van der Waals surface area contributed by atoms with E-state index in [4.69, 9.17) is 0 Å². The third-order valence-corrected chi connectivity index (χ3v) is 2.45. The summed E-state index contributed by atoms with van der Waals surface area (Å²) in [6, 6.07) is -0.639. The second-order valence-corrected chi connectivity index (χ2v) is 3.86. The van der Waals surface area contributed by atoms with E-state index in [1.807, 2.05) is 6.92 Å². The van der Waals surface area contributed by atoms with E-state index in [-0.39, 0.29) is 18.7 Å². The molecule has 0 spiro atoms. The highest BCUT2D eigenvalue weighted by Crippen LogP contribution is 2.03. The highest BCUT2D eigenvalue weighted by molar-refractivity contribution is 5.86. The highest BCUT2D eigenvalue weighted by atomic mass is 16.5. The van der Waals surface area contributed by atoms with Crippen LogP contribution in [0.15, 0.2) is 0 Å². The maximum Gasteiger partial charge on any atom is 0.328 e. The molecule has 0 rings (SSSR count). The van der Waals surface area contributed by atoms with Crippen molar-refractivity contribution in [2.24, 2.45) is 0 Å². The van der Waals surface area contributed by atoms with Crippen LogP contribution in [0.5, 0.6) is 0 Å². The average molecular weight is 259 g/mol. The molecule has 104 valence electrons. The lowest BCUT2D eigenvalue weighted by molar-refractivity contribution is -0.145. The van der Waals surface area contributed by atoms with E-state index < -0.39 is 18.0 Å². The molecule has 0 aromatic carbocycles. The van der Waals surface area contributed by atoms with Crippen molar-refractivity contribution in [3.8, 4) is 0 Å². The standard InChI is InChI=1S/C12H21NO5/c1-4-5-6-9(12(16)18-3)13-10(14)7-8-11(15)17-2/h9H,4-8H2,1-3H3,(H,13,14)/t9-/m0/s1. The van der Waals surface area contributed by atoms with Gasteiger partial charge in [0.15, 0.2) is 0 Å². The molecule has 0 heterocycles. The number of methoxy groups -OCH3 is 2. The van der Waals surface area contributed by atoms with Gasteiger partial charge in [0.05, 0.1) is 20.6 Å². The van der Waals surface area contributed by atoms with Crippen LogP contribution >= 0.6 is 0 Å². The van der Waals surface area contributed by atoms with Gasteiger partial charge in [0.2, 0.25) is 5.91 Å². The Labute approximate surface area is 107 Å². The van der Waals surface area contributed by atoms with Crippen molar-refractivity contribution in [3.05, 3.63) is 0 Å². The van der Waals surface area contributed by atoms with Gasteiger partial charge >= 0.3 is 11.9 Å². The number of hydrogen-bond acceptors (Lipinski definition) is 5. The van der Waals surface area contributed by atoms with Crippen LogP contribution in [0.4, 0.5) is 0 Å². The summed E-state index contributed by atoms with van der Waals surface area (Å²) in [5.74, 6) is -1.27. The smallest absolute Gasteiger partial charge is 0.328 e. The Morgan fingerprint density at radius 1 is 1.11 bits per heavy atom. The molecule has 0 aromatic heterocycles. The number of rotatable bonds is 8. The topological polar surface area (TPSA) is 81.7 Å². The van der Waals surface area contributed by atoms with Crippen LogP contribution in [0, 0.1) is 0 Å². The van der Waals surface area contributed by atoms with Crippen LogP contribution in [0.3, 0.4) is 0 Å². The van der Waals surface area contributed by atoms with Crippen LogP contribution < -0.4 is 5.32 Å². The molecule has 6 nitrogen and oxygen atoms in total. The summed E-state index contributed by atoms with van der Waals surface area (Å²) in [7, 11) is 2.54. The zero-order valence-corrected chi connectivity index (χ0v) is 11.2. The number of esters is 2. The zero-order valence-electron chi connectivity index (χ0n) is 11.2. The Morgan fingerprint density at radius 2 is 1.78 bits per heavy atom. The van der Waals surface area contributed by atoms with Gasteiger partial charge in [-0.1, -0.05) is 19.8 Å². The number of carbonyl (C=O) groups is 3. The Hall–Kier alpha value is -1.59. The van der Waals surface area contributed by atoms with E-state index in [1.54, 1.807) is 0 Å². The molecule has 1 amide bonds. The number of amides is 1. The molecule has 0 unspecified atom stereocenters. The molecule has 0 fully saturated rings. The molecule has 0 aliphatic heterocycles.